The van der Waals surface area contributed by atoms with Crippen molar-refractivity contribution in [3.63, 3.8) is 0 Å². The van der Waals surface area contributed by atoms with Gasteiger partial charge in [0.1, 0.15) is 5.82 Å². The lowest BCUT2D eigenvalue weighted by Gasteiger charge is -2.27. The van der Waals surface area contributed by atoms with Gasteiger partial charge in [-0.05, 0) is 30.9 Å². The molecule has 0 saturated heterocycles. The van der Waals surface area contributed by atoms with Crippen molar-refractivity contribution in [1.29, 1.82) is 0 Å². The summed E-state index contributed by atoms with van der Waals surface area (Å²) in [5, 5.41) is 18.0. The van der Waals surface area contributed by atoms with Crippen LogP contribution in [0.3, 0.4) is 0 Å². The Bertz CT molecular complexity index is 546. The maximum absolute atomic E-state index is 13.5. The lowest BCUT2D eigenvalue weighted by molar-refractivity contribution is 0.0856. The Morgan fingerprint density at radius 1 is 1.28 bits per heavy atom. The summed E-state index contributed by atoms with van der Waals surface area (Å²) in [6, 6.07) is 2.87. The van der Waals surface area contributed by atoms with Crippen molar-refractivity contribution in [1.82, 2.24) is 10.2 Å². The molecule has 3 rings (SSSR count). The molecule has 1 unspecified atom stereocenters. The molecular formula is C14H17FN2O. The Hall–Kier alpha value is -1.42. The van der Waals surface area contributed by atoms with Gasteiger partial charge in [-0.2, -0.15) is 5.10 Å². The van der Waals surface area contributed by atoms with E-state index in [1.807, 2.05) is 0 Å². The van der Waals surface area contributed by atoms with Crippen molar-refractivity contribution >= 4 is 10.9 Å². The highest BCUT2D eigenvalue weighted by molar-refractivity contribution is 5.81. The molecule has 1 atom stereocenters. The van der Waals surface area contributed by atoms with Crippen LogP contribution in [0.25, 0.3) is 10.9 Å². The van der Waals surface area contributed by atoms with E-state index in [9.17, 15) is 9.50 Å². The van der Waals surface area contributed by atoms with Gasteiger partial charge < -0.3 is 5.11 Å². The van der Waals surface area contributed by atoms with Gasteiger partial charge in [-0.3, -0.25) is 5.10 Å². The number of H-pyrrole nitrogens is 1. The predicted molar refractivity (Wildman–Crippen MR) is 67.6 cm³/mol. The molecule has 1 fully saturated rings. The maximum Gasteiger partial charge on any atom is 0.124 e. The van der Waals surface area contributed by atoms with Crippen LogP contribution in [0, 0.1) is 11.7 Å². The molecule has 1 saturated carbocycles. The lowest BCUT2D eigenvalue weighted by Crippen LogP contribution is -2.16. The van der Waals surface area contributed by atoms with Crippen molar-refractivity contribution in [3.05, 3.63) is 29.7 Å². The summed E-state index contributed by atoms with van der Waals surface area (Å²) in [5.41, 5.74) is 1.41. The Balaban J connectivity index is 1.99. The quantitative estimate of drug-likeness (QED) is 0.856. The highest BCUT2D eigenvalue weighted by Crippen LogP contribution is 2.36. The number of benzene rings is 1. The van der Waals surface area contributed by atoms with Crippen molar-refractivity contribution in [2.75, 3.05) is 0 Å². The number of hydrogen-bond acceptors (Lipinski definition) is 2. The van der Waals surface area contributed by atoms with E-state index < -0.39 is 6.10 Å². The third-order valence-electron chi connectivity index (χ3n) is 3.96. The topological polar surface area (TPSA) is 48.9 Å². The van der Waals surface area contributed by atoms with E-state index in [4.69, 9.17) is 0 Å². The summed E-state index contributed by atoms with van der Waals surface area (Å²) in [7, 11) is 0. The van der Waals surface area contributed by atoms with E-state index in [1.165, 1.54) is 18.6 Å². The minimum Gasteiger partial charge on any atom is -0.388 e. The number of hydrogen-bond donors (Lipinski definition) is 2. The average molecular weight is 248 g/mol. The molecule has 1 aliphatic rings. The molecule has 0 aliphatic heterocycles. The molecule has 4 heteroatoms. The molecule has 0 radical (unpaired) electrons. The second kappa shape index (κ2) is 4.69. The standard InChI is InChI=1S/C14H17FN2O/c15-11-6-10-8-16-17-13(10)12(7-11)14(18)9-4-2-1-3-5-9/h6-9,14,18H,1-5H2,(H,16,17). The van der Waals surface area contributed by atoms with Crippen molar-refractivity contribution in [2.24, 2.45) is 5.92 Å². The van der Waals surface area contributed by atoms with Gasteiger partial charge in [0.25, 0.3) is 0 Å². The number of nitrogens with zero attached hydrogens (tertiary/aromatic N) is 1. The largest absolute Gasteiger partial charge is 0.388 e. The van der Waals surface area contributed by atoms with E-state index in [0.29, 0.717) is 5.56 Å². The highest BCUT2D eigenvalue weighted by atomic mass is 19.1. The molecule has 0 bridgehead atoms. The van der Waals surface area contributed by atoms with Crippen LogP contribution >= 0.6 is 0 Å². The second-order valence-corrected chi connectivity index (χ2v) is 5.17. The van der Waals surface area contributed by atoms with Gasteiger partial charge in [-0.15, -0.1) is 0 Å². The van der Waals surface area contributed by atoms with E-state index in [2.05, 4.69) is 10.2 Å². The molecule has 2 N–H and O–H groups in total. The van der Waals surface area contributed by atoms with Crippen LogP contribution in [0.15, 0.2) is 18.3 Å². The molecule has 1 aromatic carbocycles. The molecule has 1 aromatic heterocycles. The molecular weight excluding hydrogens is 231 g/mol. The third-order valence-corrected chi connectivity index (χ3v) is 3.96. The first-order chi connectivity index (χ1) is 8.75. The Morgan fingerprint density at radius 3 is 2.83 bits per heavy atom. The van der Waals surface area contributed by atoms with Crippen LogP contribution in [-0.2, 0) is 0 Å². The van der Waals surface area contributed by atoms with E-state index in [0.717, 1.165) is 36.6 Å². The second-order valence-electron chi connectivity index (χ2n) is 5.17. The molecule has 2 aromatic rings. The van der Waals surface area contributed by atoms with Crippen LogP contribution in [0.1, 0.15) is 43.8 Å². The average Bonchev–Trinajstić information content (AvgIpc) is 2.86. The number of halogens is 1. The first kappa shape index (κ1) is 11.7. The van der Waals surface area contributed by atoms with E-state index >= 15 is 0 Å². The zero-order chi connectivity index (χ0) is 12.5. The van der Waals surface area contributed by atoms with Crippen LogP contribution < -0.4 is 0 Å². The monoisotopic (exact) mass is 248 g/mol. The molecule has 96 valence electrons. The fourth-order valence-electron chi connectivity index (χ4n) is 2.98. The minimum absolute atomic E-state index is 0.243. The zero-order valence-corrected chi connectivity index (χ0v) is 10.2. The van der Waals surface area contributed by atoms with Gasteiger partial charge in [0.15, 0.2) is 0 Å². The summed E-state index contributed by atoms with van der Waals surface area (Å²) in [6.07, 6.45) is 6.60. The van der Waals surface area contributed by atoms with Gasteiger partial charge in [0.2, 0.25) is 0 Å². The maximum atomic E-state index is 13.5. The summed E-state index contributed by atoms with van der Waals surface area (Å²) >= 11 is 0. The number of aliphatic hydroxyl groups excluding tert-OH is 1. The lowest BCUT2D eigenvalue weighted by atomic mass is 9.82. The first-order valence-corrected chi connectivity index (χ1v) is 6.56. The van der Waals surface area contributed by atoms with Gasteiger partial charge in [-0.25, -0.2) is 4.39 Å². The number of aromatic amines is 1. The summed E-state index contributed by atoms with van der Waals surface area (Å²) < 4.78 is 13.5. The third kappa shape index (κ3) is 2.01. The normalized spacial score (nSPS) is 19.2. The number of aromatic nitrogens is 2. The summed E-state index contributed by atoms with van der Waals surface area (Å²) in [4.78, 5) is 0. The first-order valence-electron chi connectivity index (χ1n) is 6.56. The minimum atomic E-state index is -0.594. The van der Waals surface area contributed by atoms with Gasteiger partial charge in [-0.1, -0.05) is 19.3 Å². The number of rotatable bonds is 2. The molecule has 1 aliphatic carbocycles. The van der Waals surface area contributed by atoms with Crippen molar-refractivity contribution in [2.45, 2.75) is 38.2 Å². The van der Waals surface area contributed by atoms with Gasteiger partial charge in [0, 0.05) is 10.9 Å². The van der Waals surface area contributed by atoms with Crippen LogP contribution in [-0.4, -0.2) is 15.3 Å². The van der Waals surface area contributed by atoms with Crippen molar-refractivity contribution < 1.29 is 9.50 Å². The van der Waals surface area contributed by atoms with Gasteiger partial charge >= 0.3 is 0 Å². The Kier molecular flexibility index (Phi) is 3.04. The molecule has 1 heterocycles. The Morgan fingerprint density at radius 2 is 2.06 bits per heavy atom. The van der Waals surface area contributed by atoms with E-state index in [-0.39, 0.29) is 11.7 Å². The molecule has 0 amide bonds. The summed E-state index contributed by atoms with van der Waals surface area (Å²) in [5.74, 6) is -0.0687. The SMILES string of the molecule is OC(c1cc(F)cc2cn[nH]c12)C1CCCCC1. The van der Waals surface area contributed by atoms with Crippen LogP contribution in [0.2, 0.25) is 0 Å². The van der Waals surface area contributed by atoms with Crippen LogP contribution in [0.4, 0.5) is 4.39 Å². The molecule has 18 heavy (non-hydrogen) atoms. The van der Waals surface area contributed by atoms with Crippen molar-refractivity contribution in [3.8, 4) is 0 Å². The summed E-state index contributed by atoms with van der Waals surface area (Å²) in [6.45, 7) is 0. The van der Waals surface area contributed by atoms with E-state index in [1.54, 1.807) is 6.20 Å². The zero-order valence-electron chi connectivity index (χ0n) is 10.2. The van der Waals surface area contributed by atoms with Crippen LogP contribution in [0.5, 0.6) is 0 Å². The van der Waals surface area contributed by atoms with Gasteiger partial charge in [0.05, 0.1) is 17.8 Å². The number of nitrogens with one attached hydrogen (secondary N) is 1. The fraction of sp³-hybridized carbons (Fsp3) is 0.500. The molecule has 0 spiro atoms. The molecule has 3 nitrogen and oxygen atoms in total. The predicted octanol–water partition coefficient (Wildman–Crippen LogP) is 3.32. The highest BCUT2D eigenvalue weighted by Gasteiger charge is 2.25. The number of aliphatic hydroxyl groups is 1. The number of fused-ring (bicyclic) bond motifs is 1. The Labute approximate surface area is 105 Å². The fourth-order valence-corrected chi connectivity index (χ4v) is 2.98. The smallest absolute Gasteiger partial charge is 0.124 e.